The van der Waals surface area contributed by atoms with Gasteiger partial charge in [-0.25, -0.2) is 0 Å². The van der Waals surface area contributed by atoms with Crippen LogP contribution < -0.4 is 0 Å². The van der Waals surface area contributed by atoms with Crippen molar-refractivity contribution in [2.45, 2.75) is 6.42 Å². The Kier molecular flexibility index (Phi) is 4.18. The summed E-state index contributed by atoms with van der Waals surface area (Å²) in [4.78, 5) is 11.9. The predicted molar refractivity (Wildman–Crippen MR) is 73.8 cm³/mol. The Morgan fingerprint density at radius 3 is 2.74 bits per heavy atom. The van der Waals surface area contributed by atoms with Gasteiger partial charge in [-0.15, -0.1) is 0 Å². The molecule has 0 amide bonds. The number of aliphatic hydroxyl groups excluding tert-OH is 1. The van der Waals surface area contributed by atoms with E-state index in [1.165, 1.54) is 7.11 Å². The molecule has 0 saturated carbocycles. The molecule has 0 heterocycles. The summed E-state index contributed by atoms with van der Waals surface area (Å²) in [5.41, 5.74) is 0.663. The van der Waals surface area contributed by atoms with E-state index >= 15 is 0 Å². The Bertz CT molecular complexity index is 538. The quantitative estimate of drug-likeness (QED) is 0.663. The van der Waals surface area contributed by atoms with Crippen molar-refractivity contribution in [3.05, 3.63) is 71.7 Å². The highest BCUT2D eigenvalue weighted by atomic mass is 16.5. The number of allylic oxidation sites excluding steroid dienone is 5. The summed E-state index contributed by atoms with van der Waals surface area (Å²) in [5, 5.41) is 9.71. The number of hydrogen-bond donors (Lipinski definition) is 1. The average Bonchev–Trinajstić information content (AvgIpc) is 2.46. The van der Waals surface area contributed by atoms with Crippen molar-refractivity contribution in [1.29, 1.82) is 0 Å². The summed E-state index contributed by atoms with van der Waals surface area (Å²) in [6.45, 7) is 0. The summed E-state index contributed by atoms with van der Waals surface area (Å²) in [5.74, 6) is 0.687. The fraction of sp³-hybridized carbons (Fsp3) is 0.188. The largest absolute Gasteiger partial charge is 0.508 e. The molecule has 3 nitrogen and oxygen atoms in total. The van der Waals surface area contributed by atoms with E-state index in [1.807, 2.05) is 24.3 Å². The number of methoxy groups -OCH3 is 1. The molecule has 19 heavy (non-hydrogen) atoms. The summed E-state index contributed by atoms with van der Waals surface area (Å²) in [7, 11) is 1.52. The van der Waals surface area contributed by atoms with Crippen molar-refractivity contribution >= 4 is 5.78 Å². The first-order chi connectivity index (χ1) is 9.20. The van der Waals surface area contributed by atoms with Gasteiger partial charge in [0.2, 0.25) is 0 Å². The van der Waals surface area contributed by atoms with Gasteiger partial charge in [0.25, 0.3) is 0 Å². The van der Waals surface area contributed by atoms with E-state index in [4.69, 9.17) is 4.74 Å². The monoisotopic (exact) mass is 256 g/mol. The molecular formula is C16H16O3. The highest BCUT2D eigenvalue weighted by Gasteiger charge is 2.14. The van der Waals surface area contributed by atoms with E-state index in [0.717, 1.165) is 0 Å². The molecule has 1 aliphatic carbocycles. The van der Waals surface area contributed by atoms with Crippen molar-refractivity contribution in [2.75, 3.05) is 7.11 Å². The maximum Gasteiger partial charge on any atom is 0.185 e. The van der Waals surface area contributed by atoms with E-state index in [2.05, 4.69) is 0 Å². The number of rotatable bonds is 4. The van der Waals surface area contributed by atoms with Crippen LogP contribution in [-0.2, 0) is 4.74 Å². The van der Waals surface area contributed by atoms with Crippen LogP contribution in [0.2, 0.25) is 0 Å². The molecule has 0 aliphatic heterocycles. The molecule has 3 heteroatoms. The van der Waals surface area contributed by atoms with Crippen molar-refractivity contribution in [3.8, 4) is 0 Å². The molecule has 1 N–H and O–H groups in total. The maximum absolute atomic E-state index is 11.9. The minimum atomic E-state index is -0.0324. The van der Waals surface area contributed by atoms with Crippen LogP contribution in [-0.4, -0.2) is 18.0 Å². The van der Waals surface area contributed by atoms with Crippen LogP contribution >= 0.6 is 0 Å². The SMILES string of the molecule is COC1=C(O)CC(C=CC(=O)c2ccccc2)C=C1. The molecule has 0 aromatic heterocycles. The van der Waals surface area contributed by atoms with E-state index < -0.39 is 0 Å². The van der Waals surface area contributed by atoms with Gasteiger partial charge in [0.1, 0.15) is 5.76 Å². The highest BCUT2D eigenvalue weighted by Crippen LogP contribution is 2.23. The molecule has 0 fully saturated rings. The minimum Gasteiger partial charge on any atom is -0.508 e. The lowest BCUT2D eigenvalue weighted by molar-refractivity contribution is 0.104. The second-order valence-corrected chi connectivity index (χ2v) is 4.33. The third-order valence-electron chi connectivity index (χ3n) is 2.98. The summed E-state index contributed by atoms with van der Waals surface area (Å²) in [6.07, 6.45) is 7.44. The van der Waals surface area contributed by atoms with Gasteiger partial charge >= 0.3 is 0 Å². The number of aliphatic hydroxyl groups is 1. The number of hydrogen-bond acceptors (Lipinski definition) is 3. The lowest BCUT2D eigenvalue weighted by Gasteiger charge is -2.15. The lowest BCUT2D eigenvalue weighted by Crippen LogP contribution is -2.05. The Hall–Kier alpha value is -2.29. The zero-order chi connectivity index (χ0) is 13.7. The first-order valence-corrected chi connectivity index (χ1v) is 6.12. The molecule has 2 rings (SSSR count). The summed E-state index contributed by atoms with van der Waals surface area (Å²) < 4.78 is 5.00. The van der Waals surface area contributed by atoms with Crippen LogP contribution in [0.25, 0.3) is 0 Å². The molecule has 0 radical (unpaired) electrons. The second kappa shape index (κ2) is 6.05. The fourth-order valence-corrected chi connectivity index (χ4v) is 1.93. The maximum atomic E-state index is 11.9. The van der Waals surface area contributed by atoms with E-state index in [1.54, 1.807) is 30.4 Å². The average molecular weight is 256 g/mol. The van der Waals surface area contributed by atoms with Crippen LogP contribution in [0, 0.1) is 5.92 Å². The number of benzene rings is 1. The Balaban J connectivity index is 2.00. The van der Waals surface area contributed by atoms with E-state index in [9.17, 15) is 9.90 Å². The standard InChI is InChI=1S/C16H16O3/c1-19-16-10-8-12(11-15(16)18)7-9-14(17)13-5-3-2-4-6-13/h2-10,12,18H,11H2,1H3. The van der Waals surface area contributed by atoms with Gasteiger partial charge in [0, 0.05) is 17.9 Å². The number of ether oxygens (including phenoxy) is 1. The molecular weight excluding hydrogens is 240 g/mol. The van der Waals surface area contributed by atoms with Gasteiger partial charge in [-0.2, -0.15) is 0 Å². The first-order valence-electron chi connectivity index (χ1n) is 6.12. The van der Waals surface area contributed by atoms with Crippen molar-refractivity contribution in [3.63, 3.8) is 0 Å². The van der Waals surface area contributed by atoms with Crippen LogP contribution in [0.4, 0.5) is 0 Å². The van der Waals surface area contributed by atoms with Crippen LogP contribution in [0.3, 0.4) is 0 Å². The normalized spacial score (nSPS) is 18.9. The van der Waals surface area contributed by atoms with Gasteiger partial charge in [-0.1, -0.05) is 42.5 Å². The third-order valence-corrected chi connectivity index (χ3v) is 2.98. The number of ketones is 1. The smallest absolute Gasteiger partial charge is 0.185 e. The molecule has 98 valence electrons. The van der Waals surface area contributed by atoms with Crippen LogP contribution in [0.5, 0.6) is 0 Å². The minimum absolute atomic E-state index is 0.0200. The predicted octanol–water partition coefficient (Wildman–Crippen LogP) is 3.42. The van der Waals surface area contributed by atoms with Crippen molar-refractivity contribution < 1.29 is 14.6 Å². The Morgan fingerprint density at radius 1 is 1.37 bits per heavy atom. The van der Waals surface area contributed by atoms with Crippen LogP contribution in [0.1, 0.15) is 16.8 Å². The molecule has 1 aromatic rings. The highest BCUT2D eigenvalue weighted by molar-refractivity contribution is 6.04. The zero-order valence-electron chi connectivity index (χ0n) is 10.7. The van der Waals surface area contributed by atoms with Gasteiger partial charge in [-0.05, 0) is 12.2 Å². The number of carbonyl (C=O) groups is 1. The van der Waals surface area contributed by atoms with E-state index in [-0.39, 0.29) is 17.5 Å². The van der Waals surface area contributed by atoms with Gasteiger partial charge < -0.3 is 9.84 Å². The molecule has 1 aromatic carbocycles. The Labute approximate surface area is 112 Å². The molecule has 0 saturated heterocycles. The van der Waals surface area contributed by atoms with E-state index in [0.29, 0.717) is 17.7 Å². The van der Waals surface area contributed by atoms with Crippen LogP contribution in [0.15, 0.2) is 66.2 Å². The number of carbonyl (C=O) groups excluding carboxylic acids is 1. The topological polar surface area (TPSA) is 46.5 Å². The molecule has 1 aliphatic rings. The molecule has 1 atom stereocenters. The third kappa shape index (κ3) is 3.35. The fourth-order valence-electron chi connectivity index (χ4n) is 1.93. The van der Waals surface area contributed by atoms with Gasteiger partial charge in [-0.3, -0.25) is 4.79 Å². The Morgan fingerprint density at radius 2 is 2.11 bits per heavy atom. The molecule has 0 spiro atoms. The zero-order valence-corrected chi connectivity index (χ0v) is 10.7. The van der Waals surface area contributed by atoms with Crippen molar-refractivity contribution in [2.24, 2.45) is 5.92 Å². The van der Waals surface area contributed by atoms with Crippen molar-refractivity contribution in [1.82, 2.24) is 0 Å². The summed E-state index contributed by atoms with van der Waals surface area (Å²) in [6, 6.07) is 9.11. The first kappa shape index (κ1) is 13.1. The molecule has 1 unspecified atom stereocenters. The second-order valence-electron chi connectivity index (χ2n) is 4.33. The lowest BCUT2D eigenvalue weighted by atomic mass is 9.97. The van der Waals surface area contributed by atoms with Gasteiger partial charge in [0.15, 0.2) is 11.5 Å². The van der Waals surface area contributed by atoms with Gasteiger partial charge in [0.05, 0.1) is 7.11 Å². The summed E-state index contributed by atoms with van der Waals surface area (Å²) >= 11 is 0. The molecule has 0 bridgehead atoms.